The zero-order valence-corrected chi connectivity index (χ0v) is 20.4. The molecule has 2 heterocycles. The maximum Gasteiger partial charge on any atom is 0.251 e. The van der Waals surface area contributed by atoms with Crippen LogP contribution < -0.4 is 19.5 Å². The average molecular weight is 476 g/mol. The Labute approximate surface area is 207 Å². The minimum absolute atomic E-state index is 0.0853. The van der Waals surface area contributed by atoms with Crippen LogP contribution in [0.15, 0.2) is 67.0 Å². The van der Waals surface area contributed by atoms with Crippen molar-refractivity contribution >= 4 is 5.91 Å². The molecule has 1 fully saturated rings. The van der Waals surface area contributed by atoms with Gasteiger partial charge in [0.15, 0.2) is 11.5 Å². The maximum absolute atomic E-state index is 13.0. The van der Waals surface area contributed by atoms with Crippen molar-refractivity contribution in [3.63, 3.8) is 0 Å². The number of nitrogens with one attached hydrogen (secondary N) is 1. The molecular weight excluding hydrogens is 442 g/mol. The van der Waals surface area contributed by atoms with Gasteiger partial charge in [0.25, 0.3) is 5.91 Å². The number of aromatic nitrogens is 1. The average Bonchev–Trinajstić information content (AvgIpc) is 2.90. The van der Waals surface area contributed by atoms with Gasteiger partial charge in [-0.2, -0.15) is 0 Å². The Kier molecular flexibility index (Phi) is 8.57. The molecule has 3 aromatic rings. The molecule has 2 aromatic carbocycles. The monoisotopic (exact) mass is 475 g/mol. The van der Waals surface area contributed by atoms with Crippen molar-refractivity contribution in [1.82, 2.24) is 15.2 Å². The summed E-state index contributed by atoms with van der Waals surface area (Å²) in [5.74, 6) is 1.98. The van der Waals surface area contributed by atoms with E-state index in [4.69, 9.17) is 14.2 Å². The van der Waals surface area contributed by atoms with Gasteiger partial charge in [-0.1, -0.05) is 12.1 Å². The molecule has 1 amide bonds. The number of carbonyl (C=O) groups excluding carboxylic acids is 1. The minimum Gasteiger partial charge on any atom is -0.497 e. The predicted octanol–water partition coefficient (Wildman–Crippen LogP) is 4.46. The molecule has 1 aliphatic heterocycles. The normalized spacial score (nSPS) is 14.3. The van der Waals surface area contributed by atoms with Crippen LogP contribution in [0.2, 0.25) is 0 Å². The minimum atomic E-state index is -0.0853. The largest absolute Gasteiger partial charge is 0.497 e. The summed E-state index contributed by atoms with van der Waals surface area (Å²) in [4.78, 5) is 19.4. The van der Waals surface area contributed by atoms with Crippen LogP contribution >= 0.6 is 0 Å². The second-order valence-corrected chi connectivity index (χ2v) is 8.61. The number of benzene rings is 2. The van der Waals surface area contributed by atoms with Crippen LogP contribution in [0.5, 0.6) is 17.2 Å². The van der Waals surface area contributed by atoms with Crippen molar-refractivity contribution in [1.29, 1.82) is 0 Å². The highest BCUT2D eigenvalue weighted by molar-refractivity contribution is 5.95. The highest BCUT2D eigenvalue weighted by Gasteiger charge is 2.22. The first kappa shape index (κ1) is 24.5. The lowest BCUT2D eigenvalue weighted by Crippen LogP contribution is -2.44. The molecule has 0 unspecified atom stereocenters. The lowest BCUT2D eigenvalue weighted by Gasteiger charge is -2.32. The molecular formula is C28H33N3O4. The summed E-state index contributed by atoms with van der Waals surface area (Å²) in [5, 5.41) is 3.20. The molecule has 0 atom stereocenters. The fourth-order valence-corrected chi connectivity index (χ4v) is 4.21. The number of hydrogen-bond donors (Lipinski definition) is 1. The smallest absolute Gasteiger partial charge is 0.251 e. The Hall–Kier alpha value is -3.58. The van der Waals surface area contributed by atoms with E-state index in [0.717, 1.165) is 43.8 Å². The molecule has 7 nitrogen and oxygen atoms in total. The third-order valence-electron chi connectivity index (χ3n) is 6.11. The molecule has 4 rings (SSSR count). The van der Waals surface area contributed by atoms with Gasteiger partial charge in [-0.3, -0.25) is 14.7 Å². The number of piperidine rings is 1. The van der Waals surface area contributed by atoms with E-state index in [1.165, 1.54) is 5.56 Å². The summed E-state index contributed by atoms with van der Waals surface area (Å²) < 4.78 is 17.0. The zero-order chi connectivity index (χ0) is 24.5. The van der Waals surface area contributed by atoms with Gasteiger partial charge in [0, 0.05) is 43.6 Å². The molecule has 0 spiro atoms. The number of carbonyl (C=O) groups is 1. The quantitative estimate of drug-likeness (QED) is 0.467. The highest BCUT2D eigenvalue weighted by atomic mass is 16.5. The first-order chi connectivity index (χ1) is 17.1. The Balaban J connectivity index is 1.30. The summed E-state index contributed by atoms with van der Waals surface area (Å²) in [6.07, 6.45) is 5.31. The van der Waals surface area contributed by atoms with E-state index >= 15 is 0 Å². The van der Waals surface area contributed by atoms with Crippen molar-refractivity contribution in [3.05, 3.63) is 83.7 Å². The van der Waals surface area contributed by atoms with E-state index in [1.807, 2.05) is 31.2 Å². The Morgan fingerprint density at radius 3 is 2.54 bits per heavy atom. The first-order valence-electron chi connectivity index (χ1n) is 12.1. The molecule has 1 aromatic heterocycles. The molecule has 0 bridgehead atoms. The van der Waals surface area contributed by atoms with Crippen LogP contribution in [0.1, 0.15) is 41.3 Å². The lowest BCUT2D eigenvalue weighted by atomic mass is 10.0. The van der Waals surface area contributed by atoms with Crippen LogP contribution in [-0.2, 0) is 13.2 Å². The molecule has 7 heteroatoms. The number of ether oxygens (including phenoxy) is 3. The number of likely N-dealkylation sites (tertiary alicyclic amines) is 1. The summed E-state index contributed by atoms with van der Waals surface area (Å²) in [6.45, 7) is 5.57. The van der Waals surface area contributed by atoms with Crippen molar-refractivity contribution in [3.8, 4) is 17.2 Å². The number of nitrogens with zero attached hydrogens (tertiary/aromatic N) is 2. The Morgan fingerprint density at radius 2 is 1.80 bits per heavy atom. The van der Waals surface area contributed by atoms with Crippen LogP contribution in [0.25, 0.3) is 0 Å². The number of methoxy groups -OCH3 is 1. The van der Waals surface area contributed by atoms with Gasteiger partial charge in [0.2, 0.25) is 0 Å². The van der Waals surface area contributed by atoms with E-state index in [0.29, 0.717) is 30.3 Å². The maximum atomic E-state index is 13.0. The van der Waals surface area contributed by atoms with Gasteiger partial charge in [-0.15, -0.1) is 0 Å². The molecule has 0 radical (unpaired) electrons. The number of amides is 1. The van der Waals surface area contributed by atoms with Crippen molar-refractivity contribution < 1.29 is 19.0 Å². The summed E-state index contributed by atoms with van der Waals surface area (Å²) in [6, 6.07) is 17.5. The van der Waals surface area contributed by atoms with Crippen molar-refractivity contribution in [2.45, 2.75) is 39.0 Å². The predicted molar refractivity (Wildman–Crippen MR) is 135 cm³/mol. The van der Waals surface area contributed by atoms with Crippen LogP contribution in [0.3, 0.4) is 0 Å². The van der Waals surface area contributed by atoms with Gasteiger partial charge < -0.3 is 19.5 Å². The summed E-state index contributed by atoms with van der Waals surface area (Å²) >= 11 is 0. The van der Waals surface area contributed by atoms with E-state index in [-0.39, 0.29) is 11.9 Å². The number of hydrogen-bond acceptors (Lipinski definition) is 6. The van der Waals surface area contributed by atoms with Gasteiger partial charge in [0.1, 0.15) is 12.4 Å². The van der Waals surface area contributed by atoms with E-state index in [2.05, 4.69) is 27.3 Å². The van der Waals surface area contributed by atoms with Gasteiger partial charge >= 0.3 is 0 Å². The second kappa shape index (κ2) is 12.2. The second-order valence-electron chi connectivity index (χ2n) is 8.61. The summed E-state index contributed by atoms with van der Waals surface area (Å²) in [7, 11) is 1.69. The first-order valence-corrected chi connectivity index (χ1v) is 12.1. The molecule has 0 aliphatic carbocycles. The van der Waals surface area contributed by atoms with Crippen LogP contribution in [-0.4, -0.2) is 48.6 Å². The fraction of sp³-hybridized carbons (Fsp3) is 0.357. The lowest BCUT2D eigenvalue weighted by molar-refractivity contribution is 0.0908. The summed E-state index contributed by atoms with van der Waals surface area (Å²) in [5.41, 5.74) is 2.83. The number of pyridine rings is 1. The topological polar surface area (TPSA) is 72.9 Å². The number of rotatable bonds is 10. The van der Waals surface area contributed by atoms with Crippen LogP contribution in [0.4, 0.5) is 0 Å². The van der Waals surface area contributed by atoms with Crippen LogP contribution in [0, 0.1) is 0 Å². The van der Waals surface area contributed by atoms with Gasteiger partial charge in [-0.25, -0.2) is 0 Å². The molecule has 1 aliphatic rings. The third-order valence-corrected chi connectivity index (χ3v) is 6.11. The van der Waals surface area contributed by atoms with Gasteiger partial charge in [-0.05, 0) is 73.4 Å². The SMILES string of the molecule is CCOc1cc(C(=O)NC2CCN(Cc3cccc(OC)c3)CC2)ccc1OCc1ccncc1. The molecule has 35 heavy (non-hydrogen) atoms. The van der Waals surface area contributed by atoms with Crippen molar-refractivity contribution in [2.24, 2.45) is 0 Å². The standard InChI is InChI=1S/C28H33N3O4/c1-3-34-27-18-23(7-8-26(27)35-20-21-9-13-29-14-10-21)28(32)30-24-11-15-31(16-12-24)19-22-5-4-6-25(17-22)33-2/h4-10,13-14,17-18,24H,3,11-12,15-16,19-20H2,1-2H3,(H,30,32). The molecule has 1 saturated heterocycles. The third kappa shape index (κ3) is 6.96. The van der Waals surface area contributed by atoms with E-state index in [1.54, 1.807) is 37.7 Å². The Morgan fingerprint density at radius 1 is 1.00 bits per heavy atom. The van der Waals surface area contributed by atoms with E-state index in [9.17, 15) is 4.79 Å². The fourth-order valence-electron chi connectivity index (χ4n) is 4.21. The molecule has 1 N–H and O–H groups in total. The molecule has 184 valence electrons. The van der Waals surface area contributed by atoms with Crippen molar-refractivity contribution in [2.75, 3.05) is 26.8 Å². The zero-order valence-electron chi connectivity index (χ0n) is 20.4. The van der Waals surface area contributed by atoms with E-state index < -0.39 is 0 Å². The highest BCUT2D eigenvalue weighted by Crippen LogP contribution is 2.29. The van der Waals surface area contributed by atoms with Gasteiger partial charge in [0.05, 0.1) is 13.7 Å². The Bertz CT molecular complexity index is 1100. The molecule has 0 saturated carbocycles.